The van der Waals surface area contributed by atoms with Crippen LogP contribution >= 0.6 is 0 Å². The van der Waals surface area contributed by atoms with Crippen molar-refractivity contribution >= 4 is 11.5 Å². The molecule has 0 saturated carbocycles. The Hall–Kier alpha value is -1.69. The van der Waals surface area contributed by atoms with E-state index in [1.54, 1.807) is 0 Å². The molecule has 2 N–H and O–H groups in total. The van der Waals surface area contributed by atoms with Crippen molar-refractivity contribution in [2.75, 3.05) is 24.2 Å². The Morgan fingerprint density at radius 3 is 2.85 bits per heavy atom. The molecule has 1 aromatic heterocycles. The van der Waals surface area contributed by atoms with E-state index in [9.17, 15) is 0 Å². The van der Waals surface area contributed by atoms with Gasteiger partial charge in [-0.05, 0) is 19.1 Å². The summed E-state index contributed by atoms with van der Waals surface area (Å²) in [4.78, 5) is 6.19. The molecule has 0 atom stereocenters. The Kier molecular flexibility index (Phi) is 2.76. The van der Waals surface area contributed by atoms with E-state index in [4.69, 9.17) is 12.2 Å². The van der Waals surface area contributed by atoms with Crippen LogP contribution < -0.4 is 10.6 Å². The minimum Gasteiger partial charge on any atom is -0.397 e. The lowest BCUT2D eigenvalue weighted by Crippen LogP contribution is -2.18. The minimum absolute atomic E-state index is 0.552. The third kappa shape index (κ3) is 2.12. The van der Waals surface area contributed by atoms with Gasteiger partial charge in [0.15, 0.2) is 0 Å². The lowest BCUT2D eigenvalue weighted by molar-refractivity contribution is 0.994. The van der Waals surface area contributed by atoms with Gasteiger partial charge in [-0.2, -0.15) is 0 Å². The summed E-state index contributed by atoms with van der Waals surface area (Å²) in [6, 6.07) is 3.70. The molecule has 0 radical (unpaired) electrons. The van der Waals surface area contributed by atoms with Gasteiger partial charge in [0.2, 0.25) is 0 Å². The Balaban J connectivity index is 2.91. The predicted octanol–water partition coefficient (Wildman–Crippen LogP) is 1.04. The van der Waals surface area contributed by atoms with Gasteiger partial charge in [0.05, 0.1) is 17.9 Å². The topological polar surface area (TPSA) is 42.1 Å². The van der Waals surface area contributed by atoms with Gasteiger partial charge in [-0.3, -0.25) is 0 Å². The maximum Gasteiger partial charge on any atom is 0.129 e. The molecule has 68 valence electrons. The quantitative estimate of drug-likeness (QED) is 0.683. The Morgan fingerprint density at radius 1 is 1.62 bits per heavy atom. The number of hydrogen-bond donors (Lipinski definition) is 1. The number of nitrogen functional groups attached to an aromatic ring is 1. The van der Waals surface area contributed by atoms with E-state index in [0.29, 0.717) is 12.2 Å². The van der Waals surface area contributed by atoms with Gasteiger partial charge in [-0.25, -0.2) is 4.98 Å². The molecule has 1 rings (SSSR count). The number of pyridine rings is 1. The van der Waals surface area contributed by atoms with Crippen LogP contribution in [0.25, 0.3) is 0 Å². The van der Waals surface area contributed by atoms with Crippen LogP contribution in [0.3, 0.4) is 0 Å². The molecule has 1 heterocycles. The average molecular weight is 175 g/mol. The molecule has 0 aliphatic rings. The van der Waals surface area contributed by atoms with Crippen LogP contribution in [0, 0.1) is 19.3 Å². The minimum atomic E-state index is 0.552. The predicted molar refractivity (Wildman–Crippen MR) is 55.5 cm³/mol. The fraction of sp³-hybridized carbons (Fsp3) is 0.300. The van der Waals surface area contributed by atoms with Crippen molar-refractivity contribution in [3.8, 4) is 12.3 Å². The first-order valence-electron chi connectivity index (χ1n) is 4.03. The van der Waals surface area contributed by atoms with E-state index < -0.39 is 0 Å². The molecule has 1 aromatic rings. The van der Waals surface area contributed by atoms with E-state index >= 15 is 0 Å². The fourth-order valence-corrected chi connectivity index (χ4v) is 0.989. The number of nitrogens with two attached hydrogens (primary N) is 1. The van der Waals surface area contributed by atoms with Gasteiger partial charge in [0.1, 0.15) is 5.82 Å². The Bertz CT molecular complexity index is 339. The fourth-order valence-electron chi connectivity index (χ4n) is 0.989. The molecule has 0 aliphatic heterocycles. The summed E-state index contributed by atoms with van der Waals surface area (Å²) in [5.41, 5.74) is 7.18. The molecule has 0 bridgehead atoms. The first kappa shape index (κ1) is 9.40. The van der Waals surface area contributed by atoms with E-state index in [0.717, 1.165) is 11.5 Å². The second-order valence-corrected chi connectivity index (χ2v) is 2.90. The summed E-state index contributed by atoms with van der Waals surface area (Å²) in [6.45, 7) is 2.43. The smallest absolute Gasteiger partial charge is 0.129 e. The maximum atomic E-state index is 5.64. The molecule has 0 unspecified atom stereocenters. The van der Waals surface area contributed by atoms with Gasteiger partial charge in [-0.1, -0.05) is 5.92 Å². The largest absolute Gasteiger partial charge is 0.397 e. The number of nitrogens with zero attached hydrogens (tertiary/aromatic N) is 2. The number of aryl methyl sites for hydroxylation is 1. The van der Waals surface area contributed by atoms with Crippen molar-refractivity contribution in [1.29, 1.82) is 0 Å². The molecular weight excluding hydrogens is 162 g/mol. The Morgan fingerprint density at radius 2 is 2.31 bits per heavy atom. The first-order chi connectivity index (χ1) is 6.15. The summed E-state index contributed by atoms with van der Waals surface area (Å²) in [7, 11) is 1.90. The van der Waals surface area contributed by atoms with Crippen molar-refractivity contribution in [2.24, 2.45) is 0 Å². The molecule has 0 spiro atoms. The molecule has 3 heteroatoms. The van der Waals surface area contributed by atoms with Crippen LogP contribution in [0.1, 0.15) is 5.69 Å². The Labute approximate surface area is 78.6 Å². The highest BCUT2D eigenvalue weighted by Gasteiger charge is 2.01. The number of anilines is 2. The standard InChI is InChI=1S/C10H13N3/c1-4-7-13(3)10-6-5-9(11)8(2)12-10/h1,5-6H,7,11H2,2-3H3. The van der Waals surface area contributed by atoms with Crippen molar-refractivity contribution in [3.63, 3.8) is 0 Å². The van der Waals surface area contributed by atoms with Crippen molar-refractivity contribution in [1.82, 2.24) is 4.98 Å². The average Bonchev–Trinajstić information content (AvgIpc) is 2.10. The van der Waals surface area contributed by atoms with Crippen molar-refractivity contribution < 1.29 is 0 Å². The summed E-state index contributed by atoms with van der Waals surface area (Å²) in [6.07, 6.45) is 5.19. The maximum absolute atomic E-state index is 5.64. The molecule has 3 nitrogen and oxygen atoms in total. The zero-order valence-corrected chi connectivity index (χ0v) is 7.91. The molecule has 0 saturated heterocycles. The number of rotatable bonds is 2. The number of terminal acetylenes is 1. The van der Waals surface area contributed by atoms with Gasteiger partial charge >= 0.3 is 0 Å². The molecule has 0 amide bonds. The summed E-state index contributed by atoms with van der Waals surface area (Å²) in [5.74, 6) is 3.41. The van der Waals surface area contributed by atoms with Gasteiger partial charge in [-0.15, -0.1) is 6.42 Å². The lowest BCUT2D eigenvalue weighted by atomic mass is 10.3. The summed E-state index contributed by atoms with van der Waals surface area (Å²) in [5, 5.41) is 0. The highest BCUT2D eigenvalue weighted by molar-refractivity contribution is 5.50. The molecule has 0 fully saturated rings. The third-order valence-corrected chi connectivity index (χ3v) is 1.83. The van der Waals surface area contributed by atoms with Crippen molar-refractivity contribution in [2.45, 2.75) is 6.92 Å². The normalized spacial score (nSPS) is 9.31. The van der Waals surface area contributed by atoms with E-state index in [2.05, 4.69) is 10.9 Å². The molecule has 0 aromatic carbocycles. The van der Waals surface area contributed by atoms with Crippen LogP contribution in [0.4, 0.5) is 11.5 Å². The number of hydrogen-bond acceptors (Lipinski definition) is 3. The van der Waals surface area contributed by atoms with Crippen LogP contribution in [0.15, 0.2) is 12.1 Å². The van der Waals surface area contributed by atoms with Crippen molar-refractivity contribution in [3.05, 3.63) is 17.8 Å². The molecular formula is C10H13N3. The van der Waals surface area contributed by atoms with Crippen LogP contribution in [-0.4, -0.2) is 18.6 Å². The zero-order valence-electron chi connectivity index (χ0n) is 7.91. The van der Waals surface area contributed by atoms with E-state index in [1.165, 1.54) is 0 Å². The SMILES string of the molecule is C#CCN(C)c1ccc(N)c(C)n1. The van der Waals surface area contributed by atoms with Crippen LogP contribution in [0.2, 0.25) is 0 Å². The van der Waals surface area contributed by atoms with E-state index in [1.807, 2.05) is 31.0 Å². The first-order valence-corrected chi connectivity index (χ1v) is 4.03. The van der Waals surface area contributed by atoms with Crippen LogP contribution in [0.5, 0.6) is 0 Å². The van der Waals surface area contributed by atoms with Gasteiger partial charge in [0, 0.05) is 7.05 Å². The van der Waals surface area contributed by atoms with E-state index in [-0.39, 0.29) is 0 Å². The molecule has 0 aliphatic carbocycles. The van der Waals surface area contributed by atoms with Crippen LogP contribution in [-0.2, 0) is 0 Å². The second kappa shape index (κ2) is 3.81. The highest BCUT2D eigenvalue weighted by atomic mass is 15.2. The molecule has 13 heavy (non-hydrogen) atoms. The summed E-state index contributed by atoms with van der Waals surface area (Å²) >= 11 is 0. The van der Waals surface area contributed by atoms with Gasteiger partial charge in [0.25, 0.3) is 0 Å². The monoisotopic (exact) mass is 175 g/mol. The summed E-state index contributed by atoms with van der Waals surface area (Å²) < 4.78 is 0. The highest BCUT2D eigenvalue weighted by Crippen LogP contribution is 2.14. The second-order valence-electron chi connectivity index (χ2n) is 2.90. The third-order valence-electron chi connectivity index (χ3n) is 1.83. The lowest BCUT2D eigenvalue weighted by Gasteiger charge is -2.15. The zero-order chi connectivity index (χ0) is 9.84. The number of aromatic nitrogens is 1. The van der Waals surface area contributed by atoms with Gasteiger partial charge < -0.3 is 10.6 Å².